The summed E-state index contributed by atoms with van der Waals surface area (Å²) < 4.78 is 1.31. The lowest BCUT2D eigenvalue weighted by Crippen LogP contribution is -2.47. The number of rotatable bonds is 5. The van der Waals surface area contributed by atoms with Crippen LogP contribution in [-0.2, 0) is 6.42 Å². The third-order valence-electron chi connectivity index (χ3n) is 7.98. The van der Waals surface area contributed by atoms with Crippen LogP contribution in [0, 0.1) is 32.7 Å². The first kappa shape index (κ1) is 19.2. The molecule has 0 heterocycles. The summed E-state index contributed by atoms with van der Waals surface area (Å²) in [7, 11) is 0. The molecular weight excluding hydrogens is 451 g/mol. The van der Waals surface area contributed by atoms with Gasteiger partial charge in [-0.25, -0.2) is 0 Å². The predicted molar refractivity (Wildman–Crippen MR) is 127 cm³/mol. The maximum absolute atomic E-state index is 2.45. The van der Waals surface area contributed by atoms with Crippen LogP contribution in [0.4, 0.5) is 0 Å². The Balaban J connectivity index is 1.36. The minimum Gasteiger partial charge on any atom is -0.0619 e. The second-order valence-electron chi connectivity index (χ2n) is 10.6. The van der Waals surface area contributed by atoms with Crippen molar-refractivity contribution in [1.29, 1.82) is 0 Å². The Labute approximate surface area is 184 Å². The number of hydrogen-bond acceptors (Lipinski definition) is 0. The van der Waals surface area contributed by atoms with E-state index in [-0.39, 0.29) is 0 Å². The molecule has 4 fully saturated rings. The van der Waals surface area contributed by atoms with E-state index in [0.29, 0.717) is 17.3 Å². The molecule has 0 aliphatic heterocycles. The van der Waals surface area contributed by atoms with Gasteiger partial charge in [0.25, 0.3) is 0 Å². The van der Waals surface area contributed by atoms with E-state index < -0.39 is 0 Å². The molecule has 0 saturated heterocycles. The molecule has 6 rings (SSSR count). The van der Waals surface area contributed by atoms with Crippen molar-refractivity contribution in [2.45, 2.75) is 64.7 Å². The molecular formula is C27H33I. The van der Waals surface area contributed by atoms with Crippen molar-refractivity contribution < 1.29 is 0 Å². The molecule has 0 spiro atoms. The van der Waals surface area contributed by atoms with Crippen LogP contribution in [0.15, 0.2) is 48.5 Å². The first-order chi connectivity index (χ1) is 13.5. The molecule has 0 aromatic heterocycles. The maximum Gasteiger partial charge on any atom is 0.0130 e. The monoisotopic (exact) mass is 484 g/mol. The van der Waals surface area contributed by atoms with Crippen molar-refractivity contribution in [3.8, 4) is 0 Å². The molecule has 4 saturated carbocycles. The molecule has 0 N–H and O–H groups in total. The van der Waals surface area contributed by atoms with Crippen LogP contribution < -0.4 is 0 Å². The van der Waals surface area contributed by atoms with Crippen molar-refractivity contribution in [3.63, 3.8) is 0 Å². The summed E-state index contributed by atoms with van der Waals surface area (Å²) in [5, 5.41) is 0. The van der Waals surface area contributed by atoms with Crippen molar-refractivity contribution in [2.24, 2.45) is 29.1 Å². The Hall–Kier alpha value is -0.830. The van der Waals surface area contributed by atoms with E-state index in [4.69, 9.17) is 0 Å². The van der Waals surface area contributed by atoms with Gasteiger partial charge in [-0.3, -0.25) is 0 Å². The topological polar surface area (TPSA) is 0 Å². The Morgan fingerprint density at radius 3 is 1.71 bits per heavy atom. The van der Waals surface area contributed by atoms with Crippen molar-refractivity contribution >= 4 is 22.6 Å². The molecule has 0 amide bonds. The molecule has 1 atom stereocenters. The minimum absolute atomic E-state index is 0.491. The molecule has 1 heteroatoms. The zero-order valence-electron chi connectivity index (χ0n) is 17.3. The molecule has 28 heavy (non-hydrogen) atoms. The van der Waals surface area contributed by atoms with Gasteiger partial charge in [-0.05, 0) is 125 Å². The summed E-state index contributed by atoms with van der Waals surface area (Å²) in [6.07, 6.45) is 10.5. The first-order valence-electron chi connectivity index (χ1n) is 11.3. The average molecular weight is 484 g/mol. The summed E-state index contributed by atoms with van der Waals surface area (Å²) in [4.78, 5) is 0. The predicted octanol–water partition coefficient (Wildman–Crippen LogP) is 7.84. The SMILES string of the molecule is CC(C)C(c1ccc(I)cc1)c1ccc(CC23CC4CC(CC(C4)C2)C3)cc1. The van der Waals surface area contributed by atoms with Crippen LogP contribution >= 0.6 is 22.6 Å². The second-order valence-corrected chi connectivity index (χ2v) is 11.9. The largest absolute Gasteiger partial charge is 0.0619 e. The molecule has 4 aliphatic rings. The van der Waals surface area contributed by atoms with E-state index >= 15 is 0 Å². The third-order valence-corrected chi connectivity index (χ3v) is 8.70. The lowest BCUT2D eigenvalue weighted by molar-refractivity contribution is -0.0521. The fourth-order valence-electron chi connectivity index (χ4n) is 7.41. The zero-order chi connectivity index (χ0) is 19.3. The van der Waals surface area contributed by atoms with Crippen molar-refractivity contribution in [1.82, 2.24) is 0 Å². The second kappa shape index (κ2) is 7.45. The summed E-state index contributed by atoms with van der Waals surface area (Å²) >= 11 is 2.40. The highest BCUT2D eigenvalue weighted by molar-refractivity contribution is 14.1. The van der Waals surface area contributed by atoms with E-state index in [1.54, 1.807) is 24.8 Å². The highest BCUT2D eigenvalue weighted by Crippen LogP contribution is 2.61. The van der Waals surface area contributed by atoms with Gasteiger partial charge < -0.3 is 0 Å². The summed E-state index contributed by atoms with van der Waals surface area (Å²) in [5.74, 6) is 4.25. The van der Waals surface area contributed by atoms with Gasteiger partial charge in [-0.15, -0.1) is 0 Å². The van der Waals surface area contributed by atoms with Crippen LogP contribution in [0.3, 0.4) is 0 Å². The molecule has 148 valence electrons. The van der Waals surface area contributed by atoms with Gasteiger partial charge in [0.2, 0.25) is 0 Å². The van der Waals surface area contributed by atoms with Crippen LogP contribution in [0.25, 0.3) is 0 Å². The maximum atomic E-state index is 2.45. The Bertz CT molecular complexity index is 779. The fourth-order valence-corrected chi connectivity index (χ4v) is 7.77. The van der Waals surface area contributed by atoms with Crippen LogP contribution in [-0.4, -0.2) is 0 Å². The Kier molecular flexibility index (Phi) is 5.10. The van der Waals surface area contributed by atoms with Gasteiger partial charge in [0, 0.05) is 9.49 Å². The van der Waals surface area contributed by atoms with Crippen LogP contribution in [0.1, 0.15) is 75.0 Å². The molecule has 4 bridgehead atoms. The highest BCUT2D eigenvalue weighted by Gasteiger charge is 2.50. The summed E-state index contributed by atoms with van der Waals surface area (Å²) in [6, 6.07) is 18.9. The number of benzene rings is 2. The Morgan fingerprint density at radius 2 is 1.25 bits per heavy atom. The van der Waals surface area contributed by atoms with Gasteiger partial charge in [-0.2, -0.15) is 0 Å². The highest BCUT2D eigenvalue weighted by atomic mass is 127. The standard InChI is InChI=1S/C27H33I/c1-18(2)26(24-7-9-25(28)10-8-24)23-5-3-19(4-6-23)14-27-15-20-11-21(16-27)13-22(12-20)17-27/h3-10,18,20-22,26H,11-17H2,1-2H3. The number of halogens is 1. The van der Waals surface area contributed by atoms with E-state index in [2.05, 4.69) is 85.0 Å². The molecule has 0 nitrogen and oxygen atoms in total. The normalized spacial score (nSPS) is 32.1. The molecule has 2 aromatic carbocycles. The minimum atomic E-state index is 0.491. The van der Waals surface area contributed by atoms with Gasteiger partial charge in [0.1, 0.15) is 0 Å². The van der Waals surface area contributed by atoms with Gasteiger partial charge in [-0.1, -0.05) is 50.2 Å². The van der Waals surface area contributed by atoms with Crippen molar-refractivity contribution in [3.05, 3.63) is 68.8 Å². The van der Waals surface area contributed by atoms with E-state index in [9.17, 15) is 0 Å². The van der Waals surface area contributed by atoms with Crippen molar-refractivity contribution in [2.75, 3.05) is 0 Å². The van der Waals surface area contributed by atoms with E-state index in [1.165, 1.54) is 40.4 Å². The lowest BCUT2D eigenvalue weighted by Gasteiger charge is -2.57. The summed E-state index contributed by atoms with van der Waals surface area (Å²) in [5.41, 5.74) is 5.15. The fraction of sp³-hybridized carbons (Fsp3) is 0.556. The molecule has 1 unspecified atom stereocenters. The molecule has 0 radical (unpaired) electrons. The quantitative estimate of drug-likeness (QED) is 0.379. The number of hydrogen-bond donors (Lipinski definition) is 0. The van der Waals surface area contributed by atoms with E-state index in [0.717, 1.165) is 17.8 Å². The van der Waals surface area contributed by atoms with Gasteiger partial charge in [0.05, 0.1) is 0 Å². The lowest BCUT2D eigenvalue weighted by atomic mass is 9.48. The summed E-state index contributed by atoms with van der Waals surface area (Å²) in [6.45, 7) is 4.71. The van der Waals surface area contributed by atoms with Crippen LogP contribution in [0.5, 0.6) is 0 Å². The zero-order valence-corrected chi connectivity index (χ0v) is 19.5. The molecule has 2 aromatic rings. The van der Waals surface area contributed by atoms with Gasteiger partial charge >= 0.3 is 0 Å². The van der Waals surface area contributed by atoms with Crippen LogP contribution in [0.2, 0.25) is 0 Å². The third kappa shape index (κ3) is 3.68. The molecule has 4 aliphatic carbocycles. The van der Waals surface area contributed by atoms with E-state index in [1.807, 2.05) is 0 Å². The Morgan fingerprint density at radius 1 is 0.786 bits per heavy atom. The first-order valence-corrected chi connectivity index (χ1v) is 12.4. The average Bonchev–Trinajstić information content (AvgIpc) is 2.63. The smallest absolute Gasteiger partial charge is 0.0130 e. The van der Waals surface area contributed by atoms with Gasteiger partial charge in [0.15, 0.2) is 0 Å².